The molecular formula is C12H15FN2O3S2. The SMILES string of the molecule is CC1OCCC1NS(=O)(=O)c1cccc(F)c1C(N)=S. The molecule has 8 heteroatoms. The van der Waals surface area contributed by atoms with Gasteiger partial charge in [-0.05, 0) is 25.5 Å². The molecule has 2 rings (SSSR count). The summed E-state index contributed by atoms with van der Waals surface area (Å²) in [5.74, 6) is -0.754. The van der Waals surface area contributed by atoms with Crippen molar-refractivity contribution in [2.75, 3.05) is 6.61 Å². The zero-order valence-electron chi connectivity index (χ0n) is 10.8. The fourth-order valence-corrected chi connectivity index (χ4v) is 3.96. The molecule has 1 aliphatic rings. The van der Waals surface area contributed by atoms with E-state index in [1.807, 2.05) is 0 Å². The molecule has 1 fully saturated rings. The fraction of sp³-hybridized carbons (Fsp3) is 0.417. The second-order valence-corrected chi connectivity index (χ2v) is 6.69. The van der Waals surface area contributed by atoms with Gasteiger partial charge in [0.25, 0.3) is 0 Å². The third-order valence-corrected chi connectivity index (χ3v) is 4.93. The predicted molar refractivity (Wildman–Crippen MR) is 76.4 cm³/mol. The van der Waals surface area contributed by atoms with Gasteiger partial charge in [-0.2, -0.15) is 0 Å². The maximum atomic E-state index is 13.7. The molecule has 110 valence electrons. The number of ether oxygens (including phenoxy) is 1. The maximum Gasteiger partial charge on any atom is 0.241 e. The Hall–Kier alpha value is -1.09. The van der Waals surface area contributed by atoms with E-state index >= 15 is 0 Å². The molecule has 2 atom stereocenters. The summed E-state index contributed by atoms with van der Waals surface area (Å²) in [5.41, 5.74) is 5.16. The van der Waals surface area contributed by atoms with Gasteiger partial charge in [-0.1, -0.05) is 18.3 Å². The lowest BCUT2D eigenvalue weighted by atomic mass is 10.2. The average Bonchev–Trinajstić information content (AvgIpc) is 2.73. The highest BCUT2D eigenvalue weighted by molar-refractivity contribution is 7.89. The van der Waals surface area contributed by atoms with Gasteiger partial charge >= 0.3 is 0 Å². The summed E-state index contributed by atoms with van der Waals surface area (Å²) in [5, 5.41) is 0. The second kappa shape index (κ2) is 5.72. The van der Waals surface area contributed by atoms with Gasteiger partial charge in [0.05, 0.1) is 22.6 Å². The van der Waals surface area contributed by atoms with Crippen LogP contribution in [0.15, 0.2) is 23.1 Å². The Morgan fingerprint density at radius 1 is 1.55 bits per heavy atom. The van der Waals surface area contributed by atoms with E-state index in [9.17, 15) is 12.8 Å². The highest BCUT2D eigenvalue weighted by Gasteiger charge is 2.31. The molecule has 1 heterocycles. The maximum absolute atomic E-state index is 13.7. The minimum Gasteiger partial charge on any atom is -0.389 e. The fourth-order valence-electron chi connectivity index (χ4n) is 2.12. The molecule has 0 bridgehead atoms. The number of rotatable bonds is 4. The van der Waals surface area contributed by atoms with Crippen LogP contribution in [0.5, 0.6) is 0 Å². The summed E-state index contributed by atoms with van der Waals surface area (Å²) in [6, 6.07) is 3.36. The van der Waals surface area contributed by atoms with Gasteiger partial charge in [-0.25, -0.2) is 17.5 Å². The van der Waals surface area contributed by atoms with Crippen molar-refractivity contribution in [3.63, 3.8) is 0 Å². The number of nitrogens with two attached hydrogens (primary N) is 1. The van der Waals surface area contributed by atoms with Gasteiger partial charge in [0.1, 0.15) is 10.8 Å². The Bertz CT molecular complexity index is 634. The van der Waals surface area contributed by atoms with Crippen LogP contribution >= 0.6 is 12.2 Å². The van der Waals surface area contributed by atoms with Crippen LogP contribution in [0, 0.1) is 5.82 Å². The minimum absolute atomic E-state index is 0.230. The van der Waals surface area contributed by atoms with E-state index < -0.39 is 15.8 Å². The Kier molecular flexibility index (Phi) is 4.38. The van der Waals surface area contributed by atoms with Crippen molar-refractivity contribution in [2.45, 2.75) is 30.4 Å². The second-order valence-electron chi connectivity index (χ2n) is 4.57. The number of hydrogen-bond acceptors (Lipinski definition) is 4. The van der Waals surface area contributed by atoms with Crippen molar-refractivity contribution < 1.29 is 17.5 Å². The number of nitrogens with one attached hydrogen (secondary N) is 1. The first-order chi connectivity index (χ1) is 9.33. The number of halogens is 1. The number of hydrogen-bond donors (Lipinski definition) is 2. The zero-order chi connectivity index (χ0) is 14.9. The lowest BCUT2D eigenvalue weighted by Gasteiger charge is -2.17. The van der Waals surface area contributed by atoms with Crippen LogP contribution in [-0.2, 0) is 14.8 Å². The molecule has 0 radical (unpaired) electrons. The van der Waals surface area contributed by atoms with Crippen LogP contribution in [0.4, 0.5) is 4.39 Å². The molecule has 0 aliphatic carbocycles. The van der Waals surface area contributed by atoms with Crippen molar-refractivity contribution in [1.82, 2.24) is 4.72 Å². The van der Waals surface area contributed by atoms with Crippen molar-refractivity contribution >= 4 is 27.2 Å². The monoisotopic (exact) mass is 318 g/mol. The molecule has 2 unspecified atom stereocenters. The zero-order valence-corrected chi connectivity index (χ0v) is 12.4. The summed E-state index contributed by atoms with van der Waals surface area (Å²) >= 11 is 4.73. The molecule has 0 saturated carbocycles. The molecule has 5 nitrogen and oxygen atoms in total. The van der Waals surface area contributed by atoms with E-state index in [1.54, 1.807) is 6.92 Å². The molecule has 20 heavy (non-hydrogen) atoms. The number of sulfonamides is 1. The highest BCUT2D eigenvalue weighted by atomic mass is 32.2. The van der Waals surface area contributed by atoms with Crippen molar-refractivity contribution in [3.8, 4) is 0 Å². The van der Waals surface area contributed by atoms with E-state index in [0.717, 1.165) is 6.07 Å². The van der Waals surface area contributed by atoms with Crippen molar-refractivity contribution in [1.29, 1.82) is 0 Å². The molecule has 1 saturated heterocycles. The molecule has 0 aromatic heterocycles. The molecular weight excluding hydrogens is 303 g/mol. The lowest BCUT2D eigenvalue weighted by Crippen LogP contribution is -2.39. The topological polar surface area (TPSA) is 81.4 Å². The van der Waals surface area contributed by atoms with Crippen LogP contribution < -0.4 is 10.5 Å². The minimum atomic E-state index is -3.91. The Morgan fingerprint density at radius 2 is 2.25 bits per heavy atom. The quantitative estimate of drug-likeness (QED) is 0.807. The highest BCUT2D eigenvalue weighted by Crippen LogP contribution is 2.21. The average molecular weight is 318 g/mol. The standard InChI is InChI=1S/C12H15FN2O3S2/c1-7-9(5-6-18-7)15-20(16,17)10-4-2-3-8(13)11(10)12(14)19/h2-4,7,9,15H,5-6H2,1H3,(H2,14,19). The van der Waals surface area contributed by atoms with Gasteiger partial charge in [-0.3, -0.25) is 0 Å². The van der Waals surface area contributed by atoms with Gasteiger partial charge < -0.3 is 10.5 Å². The number of benzene rings is 1. The van der Waals surface area contributed by atoms with Crippen LogP contribution in [0.3, 0.4) is 0 Å². The number of thiocarbonyl (C=S) groups is 1. The Balaban J connectivity index is 2.39. The van der Waals surface area contributed by atoms with Crippen LogP contribution in [0.2, 0.25) is 0 Å². The summed E-state index contributed by atoms with van der Waals surface area (Å²) in [4.78, 5) is -0.539. The summed E-state index contributed by atoms with van der Waals surface area (Å²) in [6.45, 7) is 2.26. The summed E-state index contributed by atoms with van der Waals surface area (Å²) in [6.07, 6.45) is 0.338. The van der Waals surface area contributed by atoms with E-state index in [1.165, 1.54) is 12.1 Å². The van der Waals surface area contributed by atoms with Crippen LogP contribution in [0.25, 0.3) is 0 Å². The van der Waals surface area contributed by atoms with Crippen molar-refractivity contribution in [3.05, 3.63) is 29.6 Å². The third kappa shape index (κ3) is 2.98. The molecule has 1 aliphatic heterocycles. The molecule has 1 aromatic rings. The largest absolute Gasteiger partial charge is 0.389 e. The molecule has 1 aromatic carbocycles. The Labute approximate surface area is 122 Å². The first-order valence-corrected chi connectivity index (χ1v) is 7.94. The van der Waals surface area contributed by atoms with Crippen molar-refractivity contribution in [2.24, 2.45) is 5.73 Å². The van der Waals surface area contributed by atoms with Gasteiger partial charge in [0.15, 0.2) is 0 Å². The summed E-state index contributed by atoms with van der Waals surface area (Å²) < 4.78 is 46.3. The first-order valence-electron chi connectivity index (χ1n) is 6.05. The van der Waals surface area contributed by atoms with Crippen LogP contribution in [-0.4, -0.2) is 32.2 Å². The van der Waals surface area contributed by atoms with Gasteiger partial charge in [-0.15, -0.1) is 0 Å². The smallest absolute Gasteiger partial charge is 0.241 e. The predicted octanol–water partition coefficient (Wildman–Crippen LogP) is 0.916. The molecule has 0 amide bonds. The lowest BCUT2D eigenvalue weighted by molar-refractivity contribution is 0.117. The van der Waals surface area contributed by atoms with E-state index in [-0.39, 0.29) is 27.6 Å². The van der Waals surface area contributed by atoms with E-state index in [2.05, 4.69) is 4.72 Å². The third-order valence-electron chi connectivity index (χ3n) is 3.19. The Morgan fingerprint density at radius 3 is 2.80 bits per heavy atom. The first kappa shape index (κ1) is 15.3. The van der Waals surface area contributed by atoms with E-state index in [0.29, 0.717) is 13.0 Å². The van der Waals surface area contributed by atoms with Gasteiger partial charge in [0, 0.05) is 6.61 Å². The summed E-state index contributed by atoms with van der Waals surface area (Å²) in [7, 11) is -3.91. The van der Waals surface area contributed by atoms with Crippen LogP contribution in [0.1, 0.15) is 18.9 Å². The van der Waals surface area contributed by atoms with E-state index in [4.69, 9.17) is 22.7 Å². The molecule has 0 spiro atoms. The normalized spacial score (nSPS) is 22.9. The van der Waals surface area contributed by atoms with Gasteiger partial charge in [0.2, 0.25) is 10.0 Å². The molecule has 3 N–H and O–H groups in total.